The molecule has 9 nitrogen and oxygen atoms in total. The van der Waals surface area contributed by atoms with E-state index in [0.29, 0.717) is 33.2 Å². The number of non-ortho nitro benzene ring substituents is 1. The van der Waals surface area contributed by atoms with Gasteiger partial charge in [0.15, 0.2) is 28.6 Å². The third kappa shape index (κ3) is 14.5. The lowest BCUT2D eigenvalue weighted by Gasteiger charge is -2.04. The summed E-state index contributed by atoms with van der Waals surface area (Å²) in [6.07, 6.45) is 14.0. The molecule has 0 amide bonds. The molecule has 1 aliphatic rings. The normalized spacial score (nSPS) is 12.5. The van der Waals surface area contributed by atoms with Crippen LogP contribution in [0, 0.1) is 15.0 Å². The molecule has 1 aliphatic heterocycles. The first-order valence-electron chi connectivity index (χ1n) is 26.3. The molecule has 3 heterocycles. The number of phenols is 2. The summed E-state index contributed by atoms with van der Waals surface area (Å²) in [5, 5.41) is 50.1. The smallest absolute Gasteiger partial charge is 0.507 e. The highest BCUT2D eigenvalue weighted by Gasteiger charge is 2.48. The molecule has 0 radical (unpaired) electrons. The first kappa shape index (κ1) is 61.7. The number of aliphatic hydroxyl groups excluding tert-OH is 1. The van der Waals surface area contributed by atoms with Gasteiger partial charge in [-0.3, -0.25) is 10.1 Å². The van der Waals surface area contributed by atoms with Gasteiger partial charge in [-0.1, -0.05) is 97.1 Å². The number of hydrogen-bond donors (Lipinski definition) is 4. The van der Waals surface area contributed by atoms with Gasteiger partial charge in [0.2, 0.25) is 0 Å². The van der Waals surface area contributed by atoms with Gasteiger partial charge in [0.25, 0.3) is 5.69 Å². The Labute approximate surface area is 494 Å². The summed E-state index contributed by atoms with van der Waals surface area (Å²) >= 11 is 0. The topological polar surface area (TPSA) is 145 Å². The molecule has 1 unspecified atom stereocenters. The Balaban J connectivity index is 0.000000136. The minimum Gasteiger partial charge on any atom is -0.507 e. The molecule has 83 heavy (non-hydrogen) atoms. The van der Waals surface area contributed by atoms with Gasteiger partial charge < -0.3 is 15.3 Å². The second-order valence-electron chi connectivity index (χ2n) is 19.5. The zero-order valence-electron chi connectivity index (χ0n) is 46.7. The highest BCUT2D eigenvalue weighted by molar-refractivity contribution is 7.96. The predicted octanol–water partition coefficient (Wildman–Crippen LogP) is 18.4. The molecule has 2 aromatic heterocycles. The molecule has 0 aliphatic carbocycles. The van der Waals surface area contributed by atoms with E-state index in [1.54, 1.807) is 12.1 Å². The van der Waals surface area contributed by atoms with Crippen LogP contribution in [0.1, 0.15) is 18.4 Å². The molecule has 1 atom stereocenters. The zero-order valence-corrected chi connectivity index (χ0v) is 50.8. The van der Waals surface area contributed by atoms with E-state index in [9.17, 15) is 38.4 Å². The summed E-state index contributed by atoms with van der Waals surface area (Å²) < 4.78 is 43.3. The number of anilines is 1. The van der Waals surface area contributed by atoms with E-state index >= 15 is 0 Å². The number of rotatable bonds is 7. The van der Waals surface area contributed by atoms with Crippen LogP contribution in [0.5, 0.6) is 11.5 Å². The number of aromatic hydroxyl groups is 2. The van der Waals surface area contributed by atoms with Crippen molar-refractivity contribution in [2.24, 2.45) is 11.5 Å². The Morgan fingerprint density at radius 1 is 0.542 bits per heavy atom. The molecule has 10 aromatic carbocycles. The van der Waals surface area contributed by atoms with Crippen LogP contribution in [0.4, 0.5) is 24.5 Å². The van der Waals surface area contributed by atoms with Crippen molar-refractivity contribution in [3.63, 3.8) is 0 Å². The van der Waals surface area contributed by atoms with Crippen molar-refractivity contribution in [3.8, 4) is 11.5 Å². The Bertz CT molecular complexity index is 4080. The number of phenolic OH excluding ortho intramolecular Hbond substituents is 2. The number of aryl methyl sites for hydroxylation is 1. The van der Waals surface area contributed by atoms with Crippen molar-refractivity contribution in [2.75, 3.05) is 49.1 Å². The van der Waals surface area contributed by atoms with E-state index in [-0.39, 0.29) is 47.3 Å². The number of nitroso groups, excluding NO2 is 1. The van der Waals surface area contributed by atoms with E-state index in [0.717, 1.165) is 23.9 Å². The predicted molar refractivity (Wildman–Crippen MR) is 355 cm³/mol. The summed E-state index contributed by atoms with van der Waals surface area (Å²) in [6.45, 7) is 0. The molecule has 1 fully saturated rings. The van der Waals surface area contributed by atoms with Crippen LogP contribution in [-0.4, -0.2) is 63.9 Å². The Hall–Kier alpha value is -7.38. The molecule has 1 saturated heterocycles. The van der Waals surface area contributed by atoms with Crippen molar-refractivity contribution in [1.82, 2.24) is 0 Å². The molecule has 426 valence electrons. The van der Waals surface area contributed by atoms with Gasteiger partial charge in [-0.2, -0.15) is 0 Å². The van der Waals surface area contributed by atoms with Gasteiger partial charge in [-0.15, -0.1) is 18.1 Å². The highest BCUT2D eigenvalue weighted by Crippen LogP contribution is 2.55. The minimum absolute atomic E-state index is 0.0401. The molecule has 0 bridgehead atoms. The second-order valence-corrected chi connectivity index (χ2v) is 29.9. The third-order valence-electron chi connectivity index (χ3n) is 13.9. The molecular formula is C66H65F3N3O6S5+5. The lowest BCUT2D eigenvalue weighted by molar-refractivity contribution is -0.384. The number of thiophene rings is 2. The Morgan fingerprint density at radius 2 is 0.988 bits per heavy atom. The van der Waals surface area contributed by atoms with Crippen LogP contribution in [0.25, 0.3) is 72.7 Å². The van der Waals surface area contributed by atoms with E-state index < -0.39 is 26.6 Å². The number of nitro groups is 1. The number of benzene rings is 10. The maximum Gasteiger partial charge on any atom is 0.601 e. The van der Waals surface area contributed by atoms with Gasteiger partial charge in [0.1, 0.15) is 70.5 Å². The minimum atomic E-state index is -4.59. The van der Waals surface area contributed by atoms with E-state index in [2.05, 4.69) is 145 Å². The maximum atomic E-state index is 13.5. The summed E-state index contributed by atoms with van der Waals surface area (Å²) in [6, 6.07) is 64.1. The fourth-order valence-corrected chi connectivity index (χ4v) is 18.2. The molecular weight excluding hydrogens is 1150 g/mol. The van der Waals surface area contributed by atoms with Crippen LogP contribution < -0.4 is 5.43 Å². The monoisotopic (exact) mass is 1210 g/mol. The summed E-state index contributed by atoms with van der Waals surface area (Å²) in [5.74, 6) is 4.98. The average molecular weight is 1210 g/mol. The van der Waals surface area contributed by atoms with Gasteiger partial charge in [-0.25, -0.2) is 5.43 Å². The molecule has 4 N–H and O–H groups in total. The van der Waals surface area contributed by atoms with Crippen molar-refractivity contribution in [2.45, 2.75) is 33.9 Å². The number of nitrogens with zero attached hydrogens (tertiary/aromatic N) is 2. The van der Waals surface area contributed by atoms with Crippen LogP contribution in [0.3, 0.4) is 0 Å². The lowest BCUT2D eigenvalue weighted by atomic mass is 10.1. The number of nitrogens with one attached hydrogen (secondary N) is 1. The SMILES string of the molecule is CO.C[S+](C)c1ccc(O)c2ccccc12.C[S+](C)c1ccc(O)c2ccccc12.C[s+]1c2ccccc2c2ccccc21.O=NNc1ccc2c3ccc([N+](=O)[O-])cc3[s+](C(F)(F)F)c2c1.c1ccc2cc(C[S+]3CCCC3)ccc2c1. The van der Waals surface area contributed by atoms with Gasteiger partial charge in [0, 0.05) is 89.7 Å². The third-order valence-corrected chi connectivity index (χ3v) is 22.9. The first-order valence-corrected chi connectivity index (χ1v) is 35.0. The average Bonchev–Trinajstić information content (AvgIpc) is 2.71. The Morgan fingerprint density at radius 3 is 1.48 bits per heavy atom. The van der Waals surface area contributed by atoms with Crippen LogP contribution >= 0.6 is 20.9 Å². The number of nitro benzene ring substituents is 1. The van der Waals surface area contributed by atoms with Crippen LogP contribution in [-0.2, 0) is 50.2 Å². The van der Waals surface area contributed by atoms with Crippen molar-refractivity contribution in [3.05, 3.63) is 221 Å². The second kappa shape index (κ2) is 28.3. The largest absolute Gasteiger partial charge is 0.601 e. The Kier molecular flexibility index (Phi) is 21.0. The van der Waals surface area contributed by atoms with E-state index in [4.69, 9.17) is 5.11 Å². The standard InChI is InChI=1S/C15H17S.C13H6F3N3O3S.C13H11S.2C12H12OS.CH4O/c1-2-6-15-11-13(7-8-14(15)5-1)12-16-9-3-4-10-16;14-13(15,16)23-11-5-7(17-18-20)1-3-9(11)10-4-2-8(19(21)22)6-12(10)23;1-14-12-8-4-2-6-10(12)11-7-3-5-9-13(11)14;2*1-14(2)12-8-7-11(13)9-5-3-4-6-10(9)12;1-2/h1-2,5-8,11H,3-4,9-10,12H2;1-6H;2-9H,1H3;2*3-8H,1-2H3;2H,1H3/q+1;;+1;;;/p+3. The summed E-state index contributed by atoms with van der Waals surface area (Å²) in [4.78, 5) is 23.0. The summed E-state index contributed by atoms with van der Waals surface area (Å²) in [5.41, 5.74) is -1.27. The van der Waals surface area contributed by atoms with Crippen LogP contribution in [0.2, 0.25) is 0 Å². The molecule has 0 spiro atoms. The molecule has 17 heteroatoms. The van der Waals surface area contributed by atoms with Crippen molar-refractivity contribution < 1.29 is 33.4 Å². The number of alkyl halides is 3. The van der Waals surface area contributed by atoms with E-state index in [1.165, 1.54) is 118 Å². The highest BCUT2D eigenvalue weighted by atomic mass is 32.2. The molecule has 13 rings (SSSR count). The summed E-state index contributed by atoms with van der Waals surface area (Å²) in [7, 11) is 0.0870. The number of aliphatic hydroxyl groups is 1. The quantitative estimate of drug-likeness (QED) is 0.0538. The van der Waals surface area contributed by atoms with Gasteiger partial charge in [-0.05, 0) is 130 Å². The molecule has 12 aromatic rings. The maximum absolute atomic E-state index is 13.5. The zero-order chi connectivity index (χ0) is 59.4. The van der Waals surface area contributed by atoms with E-state index in [1.807, 2.05) is 48.5 Å². The van der Waals surface area contributed by atoms with Crippen molar-refractivity contribution in [1.29, 1.82) is 0 Å². The van der Waals surface area contributed by atoms with Crippen molar-refractivity contribution >= 4 is 138 Å². The number of fused-ring (bicyclic) bond motifs is 9. The fourth-order valence-electron chi connectivity index (χ4n) is 10.1. The fraction of sp³-hybridized carbons (Fsp3) is 0.182. The lowest BCUT2D eigenvalue weighted by Crippen LogP contribution is -2.06. The molecule has 0 saturated carbocycles. The van der Waals surface area contributed by atoms with Gasteiger partial charge in [0.05, 0.1) is 22.0 Å². The van der Waals surface area contributed by atoms with Crippen LogP contribution in [0.15, 0.2) is 215 Å². The number of hydrogen-bond acceptors (Lipinski definition) is 7. The first-order chi connectivity index (χ1) is 40.0. The number of halogens is 3. The van der Waals surface area contributed by atoms with Gasteiger partial charge >= 0.3 is 5.51 Å².